The van der Waals surface area contributed by atoms with Crippen LogP contribution < -0.4 is 4.90 Å². The van der Waals surface area contributed by atoms with Crippen molar-refractivity contribution >= 4 is 49.7 Å². The molecule has 1 heterocycles. The number of oxazole rings is 1. The molecular formula is C42H30N2O. The molecule has 0 aliphatic heterocycles. The Bertz CT molecular complexity index is 2350. The fraction of sp³-hybridized carbons (Fsp3) is 0.0714. The summed E-state index contributed by atoms with van der Waals surface area (Å²) in [6, 6.07) is 51.9. The van der Waals surface area contributed by atoms with Crippen LogP contribution in [0.2, 0.25) is 0 Å². The molecule has 0 spiro atoms. The predicted molar refractivity (Wildman–Crippen MR) is 187 cm³/mol. The number of rotatable bonds is 4. The Labute approximate surface area is 262 Å². The molecule has 8 aromatic rings. The molecule has 0 atom stereocenters. The van der Waals surface area contributed by atoms with E-state index in [1.165, 1.54) is 43.8 Å². The van der Waals surface area contributed by atoms with E-state index in [0.717, 1.165) is 33.7 Å². The van der Waals surface area contributed by atoms with Gasteiger partial charge in [-0.2, -0.15) is 0 Å². The lowest BCUT2D eigenvalue weighted by Gasteiger charge is -2.26. The van der Waals surface area contributed by atoms with Gasteiger partial charge in [0.2, 0.25) is 5.89 Å². The van der Waals surface area contributed by atoms with Gasteiger partial charge in [-0.15, -0.1) is 0 Å². The van der Waals surface area contributed by atoms with E-state index >= 15 is 0 Å². The summed E-state index contributed by atoms with van der Waals surface area (Å²) in [5.41, 5.74) is 11.1. The summed E-state index contributed by atoms with van der Waals surface area (Å²) in [5.74, 6) is 0.660. The highest BCUT2D eigenvalue weighted by atomic mass is 16.3. The van der Waals surface area contributed by atoms with Crippen LogP contribution in [0.1, 0.15) is 25.0 Å². The lowest BCUT2D eigenvalue weighted by molar-refractivity contribution is 0.619. The molecule has 1 aliphatic rings. The maximum absolute atomic E-state index is 6.31. The zero-order chi connectivity index (χ0) is 30.1. The molecule has 0 bridgehead atoms. The second-order valence-electron chi connectivity index (χ2n) is 12.5. The van der Waals surface area contributed by atoms with Crippen molar-refractivity contribution in [3.8, 4) is 22.6 Å². The highest BCUT2D eigenvalue weighted by Gasteiger charge is 2.37. The van der Waals surface area contributed by atoms with Crippen LogP contribution in [-0.4, -0.2) is 4.98 Å². The molecule has 0 saturated carbocycles. The van der Waals surface area contributed by atoms with Gasteiger partial charge in [0.05, 0.1) is 0 Å². The Morgan fingerprint density at radius 1 is 0.533 bits per heavy atom. The van der Waals surface area contributed by atoms with E-state index in [1.54, 1.807) is 0 Å². The summed E-state index contributed by atoms with van der Waals surface area (Å²) < 4.78 is 6.31. The van der Waals surface area contributed by atoms with Gasteiger partial charge in [0, 0.05) is 28.0 Å². The van der Waals surface area contributed by atoms with Gasteiger partial charge in [0.1, 0.15) is 5.52 Å². The monoisotopic (exact) mass is 578 g/mol. The molecule has 0 N–H and O–H groups in total. The van der Waals surface area contributed by atoms with Crippen molar-refractivity contribution in [2.45, 2.75) is 19.3 Å². The Kier molecular flexibility index (Phi) is 5.54. The SMILES string of the molecule is CC1(C)c2cc3ccc4cc(N(c5ccccc5)c5ccccc5)ccc4c3cc2-c2cc3oc(-c4ccccc4)nc3cc21. The van der Waals surface area contributed by atoms with Crippen LogP contribution in [0.3, 0.4) is 0 Å². The van der Waals surface area contributed by atoms with Crippen LogP contribution in [0.5, 0.6) is 0 Å². The average Bonchev–Trinajstić information content (AvgIpc) is 3.60. The van der Waals surface area contributed by atoms with Crippen molar-refractivity contribution < 1.29 is 4.42 Å². The molecule has 1 aromatic heterocycles. The Morgan fingerprint density at radius 3 is 1.82 bits per heavy atom. The minimum atomic E-state index is -0.149. The second kappa shape index (κ2) is 9.67. The minimum absolute atomic E-state index is 0.149. The van der Waals surface area contributed by atoms with Crippen LogP contribution in [0, 0.1) is 0 Å². The summed E-state index contributed by atoms with van der Waals surface area (Å²) in [5, 5.41) is 4.98. The number of fused-ring (bicyclic) bond motifs is 7. The van der Waals surface area contributed by atoms with Crippen LogP contribution in [0.4, 0.5) is 17.1 Å². The largest absolute Gasteiger partial charge is 0.436 e. The number of anilines is 3. The quantitative estimate of drug-likeness (QED) is 0.195. The molecule has 3 nitrogen and oxygen atoms in total. The third kappa shape index (κ3) is 4.01. The third-order valence-electron chi connectivity index (χ3n) is 9.43. The summed E-state index contributed by atoms with van der Waals surface area (Å²) in [4.78, 5) is 7.20. The maximum Gasteiger partial charge on any atom is 0.227 e. The first-order valence-corrected chi connectivity index (χ1v) is 15.5. The highest BCUT2D eigenvalue weighted by molar-refractivity contribution is 6.11. The van der Waals surface area contributed by atoms with E-state index in [0.29, 0.717) is 5.89 Å². The summed E-state index contributed by atoms with van der Waals surface area (Å²) >= 11 is 0. The van der Waals surface area contributed by atoms with Crippen molar-refractivity contribution in [2.75, 3.05) is 4.90 Å². The lowest BCUT2D eigenvalue weighted by atomic mass is 9.81. The van der Waals surface area contributed by atoms with Crippen molar-refractivity contribution in [2.24, 2.45) is 0 Å². The molecule has 1 aliphatic carbocycles. The summed E-state index contributed by atoms with van der Waals surface area (Å²) in [7, 11) is 0. The van der Waals surface area contributed by atoms with Crippen molar-refractivity contribution in [1.29, 1.82) is 0 Å². The van der Waals surface area contributed by atoms with Crippen LogP contribution in [0.25, 0.3) is 55.2 Å². The van der Waals surface area contributed by atoms with Crippen molar-refractivity contribution in [1.82, 2.24) is 4.98 Å². The lowest BCUT2D eigenvalue weighted by Crippen LogP contribution is -2.14. The normalized spacial score (nSPS) is 13.3. The van der Waals surface area contributed by atoms with Crippen LogP contribution in [0.15, 0.2) is 150 Å². The van der Waals surface area contributed by atoms with Gasteiger partial charge >= 0.3 is 0 Å². The average molecular weight is 579 g/mol. The van der Waals surface area contributed by atoms with E-state index < -0.39 is 0 Å². The zero-order valence-electron chi connectivity index (χ0n) is 25.2. The molecule has 0 fully saturated rings. The van der Waals surface area contributed by atoms with E-state index in [1.807, 2.05) is 30.3 Å². The summed E-state index contributed by atoms with van der Waals surface area (Å²) in [6.45, 7) is 4.64. The number of aromatic nitrogens is 1. The number of para-hydroxylation sites is 2. The maximum atomic E-state index is 6.31. The number of nitrogens with zero attached hydrogens (tertiary/aromatic N) is 2. The molecule has 0 unspecified atom stereocenters. The molecular weight excluding hydrogens is 548 g/mol. The van der Waals surface area contributed by atoms with Crippen LogP contribution in [-0.2, 0) is 5.41 Å². The standard InChI is InChI=1S/C42H30N2O/c1-42(2)37-23-29-19-18-28-22-32(44(30-14-8-4-9-15-30)31-16-10-5-11-17-31)20-21-33(28)34(29)24-35(37)36-25-40-39(26-38(36)42)43-41(45-40)27-12-6-3-7-13-27/h3-26H,1-2H3. The zero-order valence-corrected chi connectivity index (χ0v) is 25.2. The third-order valence-corrected chi connectivity index (χ3v) is 9.43. The number of hydrogen-bond acceptors (Lipinski definition) is 3. The van der Waals surface area contributed by atoms with Crippen molar-refractivity contribution in [3.05, 3.63) is 157 Å². The highest BCUT2D eigenvalue weighted by Crippen LogP contribution is 2.52. The van der Waals surface area contributed by atoms with Gasteiger partial charge in [0.15, 0.2) is 5.58 Å². The van der Waals surface area contributed by atoms with E-state index in [9.17, 15) is 0 Å². The Hall–Kier alpha value is -5.67. The van der Waals surface area contributed by atoms with Gasteiger partial charge in [0.25, 0.3) is 0 Å². The molecule has 45 heavy (non-hydrogen) atoms. The van der Waals surface area contributed by atoms with Gasteiger partial charge in [-0.1, -0.05) is 86.6 Å². The van der Waals surface area contributed by atoms with Gasteiger partial charge < -0.3 is 9.32 Å². The first kappa shape index (κ1) is 25.8. The minimum Gasteiger partial charge on any atom is -0.436 e. The molecule has 0 amide bonds. The molecule has 9 rings (SSSR count). The fourth-order valence-electron chi connectivity index (χ4n) is 7.14. The first-order chi connectivity index (χ1) is 22.0. The predicted octanol–water partition coefficient (Wildman–Crippen LogP) is 11.6. The molecule has 0 radical (unpaired) electrons. The molecule has 7 aromatic carbocycles. The number of benzene rings is 7. The Morgan fingerprint density at radius 2 is 1.13 bits per heavy atom. The molecule has 214 valence electrons. The van der Waals surface area contributed by atoms with E-state index in [-0.39, 0.29) is 5.41 Å². The van der Waals surface area contributed by atoms with Crippen LogP contribution >= 0.6 is 0 Å². The number of hydrogen-bond donors (Lipinski definition) is 0. The second-order valence-corrected chi connectivity index (χ2v) is 12.5. The smallest absolute Gasteiger partial charge is 0.227 e. The van der Waals surface area contributed by atoms with Gasteiger partial charge in [-0.05, 0) is 117 Å². The van der Waals surface area contributed by atoms with Gasteiger partial charge in [-0.25, -0.2) is 4.98 Å². The molecule has 3 heteroatoms. The van der Waals surface area contributed by atoms with Gasteiger partial charge in [-0.3, -0.25) is 0 Å². The summed E-state index contributed by atoms with van der Waals surface area (Å²) in [6.07, 6.45) is 0. The fourth-order valence-corrected chi connectivity index (χ4v) is 7.14. The van der Waals surface area contributed by atoms with Crippen molar-refractivity contribution in [3.63, 3.8) is 0 Å². The molecule has 0 saturated heterocycles. The first-order valence-electron chi connectivity index (χ1n) is 15.5. The van der Waals surface area contributed by atoms with E-state index in [2.05, 4.69) is 134 Å². The van der Waals surface area contributed by atoms with E-state index in [4.69, 9.17) is 9.40 Å². The topological polar surface area (TPSA) is 29.3 Å². The Balaban J connectivity index is 1.20.